The molecule has 112 valence electrons. The Morgan fingerprint density at radius 1 is 1.14 bits per heavy atom. The number of methoxy groups -OCH3 is 1. The van der Waals surface area contributed by atoms with E-state index in [4.69, 9.17) is 16.3 Å². The highest BCUT2D eigenvalue weighted by Gasteiger charge is 2.25. The predicted octanol–water partition coefficient (Wildman–Crippen LogP) is 4.07. The number of hydrogen-bond acceptors (Lipinski definition) is 2. The van der Waals surface area contributed by atoms with Crippen LogP contribution in [0.2, 0.25) is 5.02 Å². The first-order valence-electron chi connectivity index (χ1n) is 7.43. The van der Waals surface area contributed by atoms with Crippen molar-refractivity contribution in [1.29, 1.82) is 0 Å². The first-order chi connectivity index (χ1) is 10.8. The first kappa shape index (κ1) is 13.7. The van der Waals surface area contributed by atoms with Gasteiger partial charge in [0, 0.05) is 34.2 Å². The summed E-state index contributed by atoms with van der Waals surface area (Å²) in [4.78, 5) is 3.58. The minimum atomic E-state index is 0.180. The van der Waals surface area contributed by atoms with Crippen LogP contribution in [0, 0.1) is 0 Å². The SMILES string of the molecule is COc1ccc2c3c([nH]c2c1)[C@@H](c1ccc(Cl)cc1)NCC3. The van der Waals surface area contributed by atoms with Crippen molar-refractivity contribution >= 4 is 22.5 Å². The Hall–Kier alpha value is -1.97. The fourth-order valence-corrected chi connectivity index (χ4v) is 3.41. The van der Waals surface area contributed by atoms with Crippen LogP contribution in [0.3, 0.4) is 0 Å². The molecule has 0 saturated carbocycles. The molecular formula is C18H17ClN2O. The molecule has 0 unspecified atom stereocenters. The van der Waals surface area contributed by atoms with E-state index in [9.17, 15) is 0 Å². The van der Waals surface area contributed by atoms with Crippen LogP contribution in [0.5, 0.6) is 5.75 Å². The van der Waals surface area contributed by atoms with Gasteiger partial charge in [-0.3, -0.25) is 0 Å². The summed E-state index contributed by atoms with van der Waals surface area (Å²) in [6, 6.07) is 14.5. The lowest BCUT2D eigenvalue weighted by Gasteiger charge is -2.24. The van der Waals surface area contributed by atoms with Crippen molar-refractivity contribution in [1.82, 2.24) is 10.3 Å². The van der Waals surface area contributed by atoms with Gasteiger partial charge in [0.05, 0.1) is 13.2 Å². The van der Waals surface area contributed by atoms with Gasteiger partial charge in [0.2, 0.25) is 0 Å². The van der Waals surface area contributed by atoms with Crippen LogP contribution in [0.4, 0.5) is 0 Å². The monoisotopic (exact) mass is 312 g/mol. The van der Waals surface area contributed by atoms with Crippen molar-refractivity contribution in [2.45, 2.75) is 12.5 Å². The third-order valence-corrected chi connectivity index (χ3v) is 4.61. The quantitative estimate of drug-likeness (QED) is 0.748. The van der Waals surface area contributed by atoms with Gasteiger partial charge in [-0.25, -0.2) is 0 Å². The second-order valence-corrected chi connectivity index (χ2v) is 6.05. The van der Waals surface area contributed by atoms with Gasteiger partial charge >= 0.3 is 0 Å². The van der Waals surface area contributed by atoms with E-state index in [1.807, 2.05) is 18.2 Å². The van der Waals surface area contributed by atoms with E-state index in [0.717, 1.165) is 29.3 Å². The molecule has 0 spiro atoms. The summed E-state index contributed by atoms with van der Waals surface area (Å²) < 4.78 is 5.33. The molecular weight excluding hydrogens is 296 g/mol. The van der Waals surface area contributed by atoms with Gasteiger partial charge in [0.15, 0.2) is 0 Å². The number of halogens is 1. The highest BCUT2D eigenvalue weighted by Crippen LogP contribution is 2.35. The highest BCUT2D eigenvalue weighted by molar-refractivity contribution is 6.30. The molecule has 1 atom stereocenters. The Morgan fingerprint density at radius 3 is 2.73 bits per heavy atom. The summed E-state index contributed by atoms with van der Waals surface area (Å²) in [6.45, 7) is 0.972. The first-order valence-corrected chi connectivity index (χ1v) is 7.81. The van der Waals surface area contributed by atoms with Gasteiger partial charge in [-0.05, 0) is 41.8 Å². The third kappa shape index (κ3) is 2.18. The van der Waals surface area contributed by atoms with Crippen molar-refractivity contribution in [3.05, 3.63) is 64.3 Å². The van der Waals surface area contributed by atoms with E-state index in [1.165, 1.54) is 22.2 Å². The number of benzene rings is 2. The Balaban J connectivity index is 1.85. The second kappa shape index (κ2) is 5.34. The van der Waals surface area contributed by atoms with Crippen molar-refractivity contribution in [2.75, 3.05) is 13.7 Å². The van der Waals surface area contributed by atoms with Crippen LogP contribution in [0.25, 0.3) is 10.9 Å². The van der Waals surface area contributed by atoms with Crippen molar-refractivity contribution < 1.29 is 4.74 Å². The molecule has 2 N–H and O–H groups in total. The molecule has 1 aliphatic rings. The van der Waals surface area contributed by atoms with Gasteiger partial charge in [-0.1, -0.05) is 23.7 Å². The normalized spacial score (nSPS) is 17.5. The molecule has 0 aliphatic carbocycles. The Kier molecular flexibility index (Phi) is 3.32. The fourth-order valence-electron chi connectivity index (χ4n) is 3.28. The number of aromatic amines is 1. The van der Waals surface area contributed by atoms with Gasteiger partial charge in [0.1, 0.15) is 5.75 Å². The van der Waals surface area contributed by atoms with E-state index < -0.39 is 0 Å². The molecule has 0 fully saturated rings. The maximum absolute atomic E-state index is 6.01. The van der Waals surface area contributed by atoms with Gasteiger partial charge in [-0.15, -0.1) is 0 Å². The molecule has 2 aromatic carbocycles. The molecule has 1 aliphatic heterocycles. The smallest absolute Gasteiger partial charge is 0.120 e. The molecule has 4 heteroatoms. The number of nitrogens with one attached hydrogen (secondary N) is 2. The fraction of sp³-hybridized carbons (Fsp3) is 0.222. The third-order valence-electron chi connectivity index (χ3n) is 4.36. The molecule has 3 nitrogen and oxygen atoms in total. The largest absolute Gasteiger partial charge is 0.497 e. The molecule has 4 rings (SSSR count). The van der Waals surface area contributed by atoms with Crippen molar-refractivity contribution in [2.24, 2.45) is 0 Å². The molecule has 3 aromatic rings. The number of rotatable bonds is 2. The second-order valence-electron chi connectivity index (χ2n) is 5.62. The van der Waals surface area contributed by atoms with Crippen LogP contribution >= 0.6 is 11.6 Å². The molecule has 22 heavy (non-hydrogen) atoms. The lowest BCUT2D eigenvalue weighted by atomic mass is 9.94. The molecule has 0 bridgehead atoms. The van der Waals surface area contributed by atoms with Crippen LogP contribution in [0.15, 0.2) is 42.5 Å². The number of H-pyrrole nitrogens is 1. The van der Waals surface area contributed by atoms with E-state index >= 15 is 0 Å². The van der Waals surface area contributed by atoms with Crippen LogP contribution in [0.1, 0.15) is 22.9 Å². The molecule has 0 radical (unpaired) electrons. The summed E-state index contributed by atoms with van der Waals surface area (Å²) in [5.74, 6) is 0.877. The zero-order valence-corrected chi connectivity index (χ0v) is 13.1. The standard InChI is InChI=1S/C18H17ClN2O/c1-22-13-6-7-14-15-8-9-20-17(18(15)21-16(14)10-13)11-2-4-12(19)5-3-11/h2-7,10,17,20-21H,8-9H2,1H3/t17-/m1/s1. The zero-order valence-electron chi connectivity index (χ0n) is 12.3. The number of ether oxygens (including phenoxy) is 1. The van der Waals surface area contributed by atoms with Crippen LogP contribution in [-0.4, -0.2) is 18.6 Å². The average Bonchev–Trinajstić information content (AvgIpc) is 2.93. The van der Waals surface area contributed by atoms with E-state index in [1.54, 1.807) is 7.11 Å². The molecule has 0 saturated heterocycles. The lowest BCUT2D eigenvalue weighted by molar-refractivity contribution is 0.415. The summed E-state index contributed by atoms with van der Waals surface area (Å²) >= 11 is 6.01. The average molecular weight is 313 g/mol. The molecule has 0 amide bonds. The summed E-state index contributed by atoms with van der Waals surface area (Å²) in [6.07, 6.45) is 1.03. The van der Waals surface area contributed by atoms with E-state index in [0.29, 0.717) is 0 Å². The maximum Gasteiger partial charge on any atom is 0.120 e. The molecule has 2 heterocycles. The maximum atomic E-state index is 6.01. The van der Waals surface area contributed by atoms with Crippen LogP contribution < -0.4 is 10.1 Å². The minimum Gasteiger partial charge on any atom is -0.497 e. The number of hydrogen-bond donors (Lipinski definition) is 2. The van der Waals surface area contributed by atoms with Gasteiger partial charge < -0.3 is 15.0 Å². The molecule has 1 aromatic heterocycles. The van der Waals surface area contributed by atoms with Gasteiger partial charge in [0.25, 0.3) is 0 Å². The van der Waals surface area contributed by atoms with Crippen LogP contribution in [-0.2, 0) is 6.42 Å². The topological polar surface area (TPSA) is 37.0 Å². The van der Waals surface area contributed by atoms with E-state index in [-0.39, 0.29) is 6.04 Å². The zero-order chi connectivity index (χ0) is 15.1. The summed E-state index contributed by atoms with van der Waals surface area (Å²) in [5.41, 5.74) is 5.00. The Labute approximate surface area is 134 Å². The Bertz CT molecular complexity index is 823. The minimum absolute atomic E-state index is 0.180. The van der Waals surface area contributed by atoms with E-state index in [2.05, 4.69) is 34.6 Å². The number of fused-ring (bicyclic) bond motifs is 3. The summed E-state index contributed by atoms with van der Waals surface area (Å²) in [5, 5.41) is 5.65. The van der Waals surface area contributed by atoms with Gasteiger partial charge in [-0.2, -0.15) is 0 Å². The Morgan fingerprint density at radius 2 is 1.95 bits per heavy atom. The van der Waals surface area contributed by atoms with Crippen molar-refractivity contribution in [3.8, 4) is 5.75 Å². The number of aromatic nitrogens is 1. The van der Waals surface area contributed by atoms with Crippen molar-refractivity contribution in [3.63, 3.8) is 0 Å². The lowest BCUT2D eigenvalue weighted by Crippen LogP contribution is -2.30. The summed E-state index contributed by atoms with van der Waals surface area (Å²) in [7, 11) is 1.70. The highest BCUT2D eigenvalue weighted by atomic mass is 35.5. The predicted molar refractivity (Wildman–Crippen MR) is 89.9 cm³/mol.